The van der Waals surface area contributed by atoms with Gasteiger partial charge < -0.3 is 15.0 Å². The first-order chi connectivity index (χ1) is 10.6. The van der Waals surface area contributed by atoms with Crippen molar-refractivity contribution in [2.75, 3.05) is 26.7 Å². The minimum absolute atomic E-state index is 0.0274. The van der Waals surface area contributed by atoms with Crippen LogP contribution in [0.25, 0.3) is 0 Å². The summed E-state index contributed by atoms with van der Waals surface area (Å²) in [6.45, 7) is 7.41. The van der Waals surface area contributed by atoms with Crippen LogP contribution in [0, 0.1) is 5.92 Å². The van der Waals surface area contributed by atoms with E-state index in [1.54, 1.807) is 16.2 Å². The molecule has 0 aromatic carbocycles. The predicted octanol–water partition coefficient (Wildman–Crippen LogP) is 2.59. The van der Waals surface area contributed by atoms with Crippen LogP contribution in [0.2, 0.25) is 0 Å². The van der Waals surface area contributed by atoms with Gasteiger partial charge in [-0.2, -0.15) is 0 Å². The fourth-order valence-corrected chi connectivity index (χ4v) is 3.53. The lowest BCUT2D eigenvalue weighted by Gasteiger charge is -2.17. The molecule has 0 radical (unpaired) electrons. The molecule has 2 rings (SSSR count). The Hall–Kier alpha value is -0.980. The second kappa shape index (κ2) is 8.60. The minimum atomic E-state index is 0.0274. The van der Waals surface area contributed by atoms with Crippen molar-refractivity contribution in [1.82, 2.24) is 15.2 Å². The van der Waals surface area contributed by atoms with Crippen LogP contribution >= 0.6 is 11.3 Å². The van der Waals surface area contributed by atoms with Gasteiger partial charge in [-0.1, -0.05) is 0 Å². The van der Waals surface area contributed by atoms with Crippen molar-refractivity contribution in [3.8, 4) is 0 Å². The number of carbonyl (C=O) groups is 1. The van der Waals surface area contributed by atoms with Crippen LogP contribution in [0.5, 0.6) is 0 Å². The summed E-state index contributed by atoms with van der Waals surface area (Å²) in [6.07, 6.45) is 2.84. The molecule has 1 N–H and O–H groups in total. The number of hydrogen-bond acceptors (Lipinski definition) is 5. The van der Waals surface area contributed by atoms with Crippen LogP contribution in [0.4, 0.5) is 0 Å². The average molecular weight is 325 g/mol. The first-order valence-electron chi connectivity index (χ1n) is 8.10. The summed E-state index contributed by atoms with van der Waals surface area (Å²) in [5.41, 5.74) is 0.949. The highest BCUT2D eigenvalue weighted by Crippen LogP contribution is 2.22. The predicted molar refractivity (Wildman–Crippen MR) is 88.8 cm³/mol. The number of aromatic nitrogens is 1. The Labute approximate surface area is 137 Å². The molecule has 5 nitrogen and oxygen atoms in total. The lowest BCUT2D eigenvalue weighted by atomic mass is 10.0. The Bertz CT molecular complexity index is 472. The van der Waals surface area contributed by atoms with E-state index in [2.05, 4.69) is 10.3 Å². The minimum Gasteiger partial charge on any atom is -0.372 e. The normalized spacial score (nSPS) is 19.3. The van der Waals surface area contributed by atoms with Gasteiger partial charge in [0, 0.05) is 25.5 Å². The molecule has 2 atom stereocenters. The fraction of sp³-hybridized carbons (Fsp3) is 0.750. The fourth-order valence-electron chi connectivity index (χ4n) is 2.71. The van der Waals surface area contributed by atoms with E-state index in [0.29, 0.717) is 25.5 Å². The zero-order valence-corrected chi connectivity index (χ0v) is 14.6. The number of amides is 1. The van der Waals surface area contributed by atoms with Gasteiger partial charge in [-0.25, -0.2) is 4.98 Å². The van der Waals surface area contributed by atoms with E-state index in [0.717, 1.165) is 30.2 Å². The molecule has 2 heterocycles. The van der Waals surface area contributed by atoms with Crippen molar-refractivity contribution in [3.05, 3.63) is 16.1 Å². The third-order valence-electron chi connectivity index (χ3n) is 4.09. The van der Waals surface area contributed by atoms with Crippen molar-refractivity contribution >= 4 is 17.2 Å². The van der Waals surface area contributed by atoms with Gasteiger partial charge in [-0.05, 0) is 45.7 Å². The highest BCUT2D eigenvalue weighted by Gasteiger charge is 2.18. The number of ether oxygens (including phenoxy) is 1. The summed E-state index contributed by atoms with van der Waals surface area (Å²) in [5, 5.41) is 6.35. The molecule has 2 unspecified atom stereocenters. The van der Waals surface area contributed by atoms with Gasteiger partial charge in [0.1, 0.15) is 11.1 Å². The molecule has 1 aliphatic rings. The van der Waals surface area contributed by atoms with Gasteiger partial charge in [0.25, 0.3) is 0 Å². The monoisotopic (exact) mass is 325 g/mol. The lowest BCUT2D eigenvalue weighted by Crippen LogP contribution is -2.26. The van der Waals surface area contributed by atoms with Crippen LogP contribution in [0.3, 0.4) is 0 Å². The van der Waals surface area contributed by atoms with E-state index in [-0.39, 0.29) is 12.0 Å². The number of carbonyl (C=O) groups excluding carboxylic acids is 1. The van der Waals surface area contributed by atoms with Gasteiger partial charge in [-0.3, -0.25) is 4.79 Å². The van der Waals surface area contributed by atoms with Gasteiger partial charge >= 0.3 is 0 Å². The maximum absolute atomic E-state index is 12.2. The van der Waals surface area contributed by atoms with Gasteiger partial charge in [0.2, 0.25) is 5.91 Å². The zero-order chi connectivity index (χ0) is 15.9. The number of rotatable bonds is 8. The molecule has 1 aliphatic heterocycles. The maximum atomic E-state index is 12.2. The van der Waals surface area contributed by atoms with Crippen LogP contribution in [-0.2, 0) is 16.1 Å². The van der Waals surface area contributed by atoms with Crippen molar-refractivity contribution in [1.29, 1.82) is 0 Å². The summed E-state index contributed by atoms with van der Waals surface area (Å²) in [4.78, 5) is 18.6. The van der Waals surface area contributed by atoms with Crippen LogP contribution in [0.15, 0.2) is 5.38 Å². The highest BCUT2D eigenvalue weighted by atomic mass is 32.1. The number of hydrogen-bond donors (Lipinski definition) is 1. The second-order valence-corrected chi connectivity index (χ2v) is 6.81. The summed E-state index contributed by atoms with van der Waals surface area (Å²) in [6, 6.07) is 0. The summed E-state index contributed by atoms with van der Waals surface area (Å²) in [5.74, 6) is 0.870. The summed E-state index contributed by atoms with van der Waals surface area (Å²) in [7, 11) is 1.86. The Morgan fingerprint density at radius 1 is 1.64 bits per heavy atom. The summed E-state index contributed by atoms with van der Waals surface area (Å²) < 4.78 is 5.55. The average Bonchev–Trinajstić information content (AvgIpc) is 3.16. The lowest BCUT2D eigenvalue weighted by molar-refractivity contribution is -0.130. The Morgan fingerprint density at radius 3 is 3.14 bits per heavy atom. The number of nitrogens with one attached hydrogen (secondary N) is 1. The quantitative estimate of drug-likeness (QED) is 0.798. The molecule has 124 valence electrons. The topological polar surface area (TPSA) is 54.5 Å². The molecule has 1 aromatic rings. The molecule has 1 amide bonds. The van der Waals surface area contributed by atoms with Crippen molar-refractivity contribution in [2.24, 2.45) is 5.92 Å². The molecule has 0 aliphatic carbocycles. The standard InChI is InChI=1S/C16H27N3O2S/c1-4-21-12(2)16-18-14(11-22-16)10-19(3)15(20)6-5-13-7-8-17-9-13/h11-13,17H,4-10H2,1-3H3. The van der Waals surface area contributed by atoms with Gasteiger partial charge in [-0.15, -0.1) is 11.3 Å². The van der Waals surface area contributed by atoms with E-state index in [1.807, 2.05) is 26.3 Å². The highest BCUT2D eigenvalue weighted by molar-refractivity contribution is 7.09. The van der Waals surface area contributed by atoms with Crippen molar-refractivity contribution in [3.63, 3.8) is 0 Å². The smallest absolute Gasteiger partial charge is 0.222 e. The molecule has 0 saturated carbocycles. The number of thiazole rings is 1. The van der Waals surface area contributed by atoms with E-state index in [1.165, 1.54) is 6.42 Å². The molecule has 0 bridgehead atoms. The molecular formula is C16H27N3O2S. The Morgan fingerprint density at radius 2 is 2.45 bits per heavy atom. The van der Waals surface area contributed by atoms with Crippen LogP contribution < -0.4 is 5.32 Å². The van der Waals surface area contributed by atoms with Gasteiger partial charge in [0.15, 0.2) is 0 Å². The van der Waals surface area contributed by atoms with Gasteiger partial charge in [0.05, 0.1) is 12.2 Å². The second-order valence-electron chi connectivity index (χ2n) is 5.92. The molecule has 6 heteroatoms. The Balaban J connectivity index is 1.77. The summed E-state index contributed by atoms with van der Waals surface area (Å²) >= 11 is 1.60. The first-order valence-corrected chi connectivity index (χ1v) is 8.98. The molecule has 1 fully saturated rings. The van der Waals surface area contributed by atoms with E-state index < -0.39 is 0 Å². The SMILES string of the molecule is CCOC(C)c1nc(CN(C)C(=O)CCC2CCNC2)cs1. The Kier molecular flexibility index (Phi) is 6.79. The first kappa shape index (κ1) is 17.4. The number of nitrogens with zero attached hydrogens (tertiary/aromatic N) is 2. The van der Waals surface area contributed by atoms with E-state index in [9.17, 15) is 4.79 Å². The van der Waals surface area contributed by atoms with Crippen molar-refractivity contribution in [2.45, 2.75) is 45.8 Å². The third-order valence-corrected chi connectivity index (χ3v) is 5.14. The van der Waals surface area contributed by atoms with Crippen LogP contribution in [0.1, 0.15) is 49.9 Å². The van der Waals surface area contributed by atoms with Crippen molar-refractivity contribution < 1.29 is 9.53 Å². The largest absolute Gasteiger partial charge is 0.372 e. The third kappa shape index (κ3) is 5.04. The molecule has 1 aromatic heterocycles. The molecular weight excluding hydrogens is 298 g/mol. The molecule has 1 saturated heterocycles. The van der Waals surface area contributed by atoms with Crippen LogP contribution in [-0.4, -0.2) is 42.5 Å². The zero-order valence-electron chi connectivity index (χ0n) is 13.8. The van der Waals surface area contributed by atoms with E-state index >= 15 is 0 Å². The maximum Gasteiger partial charge on any atom is 0.222 e. The molecule has 0 spiro atoms. The van der Waals surface area contributed by atoms with E-state index in [4.69, 9.17) is 4.74 Å². The molecule has 22 heavy (non-hydrogen) atoms.